The largest absolute Gasteiger partial charge is 0.493 e. The molecule has 6 heteroatoms. The predicted molar refractivity (Wildman–Crippen MR) is 90.6 cm³/mol. The first-order valence-electron chi connectivity index (χ1n) is 7.56. The van der Waals surface area contributed by atoms with E-state index in [0.29, 0.717) is 23.7 Å². The van der Waals surface area contributed by atoms with Crippen LogP contribution in [-0.2, 0) is 6.54 Å². The van der Waals surface area contributed by atoms with Crippen LogP contribution in [0.25, 0.3) is 5.65 Å². The van der Waals surface area contributed by atoms with E-state index in [4.69, 9.17) is 9.47 Å². The smallest absolute Gasteiger partial charge is 0.271 e. The van der Waals surface area contributed by atoms with Gasteiger partial charge in [-0.2, -0.15) is 0 Å². The Morgan fingerprint density at radius 2 is 2.00 bits per heavy atom. The summed E-state index contributed by atoms with van der Waals surface area (Å²) < 4.78 is 12.3. The Kier molecular flexibility index (Phi) is 4.37. The van der Waals surface area contributed by atoms with Gasteiger partial charge in [-0.25, -0.2) is 4.98 Å². The molecule has 0 saturated carbocycles. The SMILES string of the molecule is COc1ccc(CNC(=O)c2cn3cccc(C)c3n2)cc1OC. The lowest BCUT2D eigenvalue weighted by atomic mass is 10.2. The molecule has 0 spiro atoms. The van der Waals surface area contributed by atoms with Gasteiger partial charge < -0.3 is 19.2 Å². The fourth-order valence-electron chi connectivity index (χ4n) is 2.53. The summed E-state index contributed by atoms with van der Waals surface area (Å²) in [5.41, 5.74) is 3.12. The third-order valence-electron chi connectivity index (χ3n) is 3.81. The van der Waals surface area contributed by atoms with Crippen LogP contribution in [-0.4, -0.2) is 29.5 Å². The summed E-state index contributed by atoms with van der Waals surface area (Å²) in [6.45, 7) is 2.35. The van der Waals surface area contributed by atoms with Crippen LogP contribution in [0, 0.1) is 6.92 Å². The molecule has 2 aromatic heterocycles. The minimum atomic E-state index is -0.215. The number of ether oxygens (including phenoxy) is 2. The lowest BCUT2D eigenvalue weighted by molar-refractivity contribution is 0.0946. The Labute approximate surface area is 140 Å². The van der Waals surface area contributed by atoms with E-state index >= 15 is 0 Å². The number of hydrogen-bond acceptors (Lipinski definition) is 4. The summed E-state index contributed by atoms with van der Waals surface area (Å²) >= 11 is 0. The monoisotopic (exact) mass is 325 g/mol. The summed E-state index contributed by atoms with van der Waals surface area (Å²) in [4.78, 5) is 16.7. The van der Waals surface area contributed by atoms with Crippen molar-refractivity contribution in [3.63, 3.8) is 0 Å². The Bertz CT molecular complexity index is 886. The van der Waals surface area contributed by atoms with Gasteiger partial charge in [-0.1, -0.05) is 12.1 Å². The molecule has 3 aromatic rings. The van der Waals surface area contributed by atoms with Crippen molar-refractivity contribution in [2.24, 2.45) is 0 Å². The van der Waals surface area contributed by atoms with Crippen molar-refractivity contribution < 1.29 is 14.3 Å². The number of benzene rings is 1. The molecular formula is C18H19N3O3. The van der Waals surface area contributed by atoms with Gasteiger partial charge in [0.2, 0.25) is 0 Å². The number of pyridine rings is 1. The van der Waals surface area contributed by atoms with Crippen LogP contribution in [0.4, 0.5) is 0 Å². The highest BCUT2D eigenvalue weighted by Gasteiger charge is 2.12. The fraction of sp³-hybridized carbons (Fsp3) is 0.222. The summed E-state index contributed by atoms with van der Waals surface area (Å²) in [7, 11) is 3.17. The summed E-state index contributed by atoms with van der Waals surface area (Å²) in [6, 6.07) is 9.43. The van der Waals surface area contributed by atoms with Crippen molar-refractivity contribution in [1.29, 1.82) is 0 Å². The highest BCUT2D eigenvalue weighted by atomic mass is 16.5. The molecule has 0 saturated heterocycles. The van der Waals surface area contributed by atoms with Crippen LogP contribution in [0.2, 0.25) is 0 Å². The summed E-state index contributed by atoms with van der Waals surface area (Å²) in [5, 5.41) is 2.87. The third kappa shape index (κ3) is 3.03. The van der Waals surface area contributed by atoms with E-state index in [9.17, 15) is 4.79 Å². The number of fused-ring (bicyclic) bond motifs is 1. The number of nitrogens with one attached hydrogen (secondary N) is 1. The number of aromatic nitrogens is 2. The van der Waals surface area contributed by atoms with Gasteiger partial charge in [0.05, 0.1) is 14.2 Å². The first-order valence-corrected chi connectivity index (χ1v) is 7.56. The number of aryl methyl sites for hydroxylation is 1. The third-order valence-corrected chi connectivity index (χ3v) is 3.81. The van der Waals surface area contributed by atoms with Crippen LogP contribution in [0.5, 0.6) is 11.5 Å². The maximum absolute atomic E-state index is 12.3. The van der Waals surface area contributed by atoms with Crippen LogP contribution in [0.1, 0.15) is 21.6 Å². The molecule has 2 heterocycles. The van der Waals surface area contributed by atoms with Gasteiger partial charge >= 0.3 is 0 Å². The molecule has 0 aliphatic carbocycles. The summed E-state index contributed by atoms with van der Waals surface area (Å²) in [5.74, 6) is 1.07. The van der Waals surface area contributed by atoms with Crippen molar-refractivity contribution >= 4 is 11.6 Å². The van der Waals surface area contributed by atoms with Crippen LogP contribution in [0.15, 0.2) is 42.7 Å². The van der Waals surface area contributed by atoms with Crippen molar-refractivity contribution in [2.75, 3.05) is 14.2 Å². The van der Waals surface area contributed by atoms with Crippen molar-refractivity contribution in [1.82, 2.24) is 14.7 Å². The van der Waals surface area contributed by atoms with Gasteiger partial charge in [0, 0.05) is 18.9 Å². The molecule has 0 atom stereocenters. The molecule has 6 nitrogen and oxygen atoms in total. The summed E-state index contributed by atoms with van der Waals surface area (Å²) in [6.07, 6.45) is 3.60. The molecule has 0 radical (unpaired) electrons. The van der Waals surface area contributed by atoms with E-state index in [-0.39, 0.29) is 5.91 Å². The second kappa shape index (κ2) is 6.62. The van der Waals surface area contributed by atoms with E-state index < -0.39 is 0 Å². The average Bonchev–Trinajstić information content (AvgIpc) is 3.05. The van der Waals surface area contributed by atoms with Gasteiger partial charge in [0.25, 0.3) is 5.91 Å². The number of methoxy groups -OCH3 is 2. The van der Waals surface area contributed by atoms with E-state index in [0.717, 1.165) is 16.8 Å². The Morgan fingerprint density at radius 3 is 2.71 bits per heavy atom. The normalized spacial score (nSPS) is 10.6. The van der Waals surface area contributed by atoms with Crippen LogP contribution < -0.4 is 14.8 Å². The van der Waals surface area contributed by atoms with E-state index in [1.54, 1.807) is 20.4 Å². The second-order valence-corrected chi connectivity index (χ2v) is 5.42. The minimum absolute atomic E-state index is 0.215. The topological polar surface area (TPSA) is 64.9 Å². The number of amides is 1. The number of imidazole rings is 1. The molecular weight excluding hydrogens is 306 g/mol. The zero-order chi connectivity index (χ0) is 17.1. The molecule has 1 aromatic carbocycles. The molecule has 0 aliphatic rings. The standard InChI is InChI=1S/C18H19N3O3/c1-12-5-4-8-21-11-14(20-17(12)21)18(22)19-10-13-6-7-15(23-2)16(9-13)24-3/h4-9,11H,10H2,1-3H3,(H,19,22). The average molecular weight is 325 g/mol. The Hall–Kier alpha value is -3.02. The first-order chi connectivity index (χ1) is 11.6. The zero-order valence-corrected chi connectivity index (χ0v) is 13.9. The second-order valence-electron chi connectivity index (χ2n) is 5.42. The number of nitrogens with zero attached hydrogens (tertiary/aromatic N) is 2. The molecule has 124 valence electrons. The first kappa shape index (κ1) is 15.9. The van der Waals surface area contributed by atoms with Crippen molar-refractivity contribution in [2.45, 2.75) is 13.5 Å². The highest BCUT2D eigenvalue weighted by molar-refractivity contribution is 5.92. The minimum Gasteiger partial charge on any atom is -0.493 e. The maximum Gasteiger partial charge on any atom is 0.271 e. The molecule has 3 rings (SSSR count). The van der Waals surface area contributed by atoms with E-state index in [1.165, 1.54) is 0 Å². The molecule has 24 heavy (non-hydrogen) atoms. The molecule has 0 unspecified atom stereocenters. The number of hydrogen-bond donors (Lipinski definition) is 1. The van der Waals surface area contributed by atoms with Gasteiger partial charge in [-0.3, -0.25) is 4.79 Å². The molecule has 0 aliphatic heterocycles. The van der Waals surface area contributed by atoms with E-state index in [1.807, 2.05) is 47.9 Å². The Morgan fingerprint density at radius 1 is 1.21 bits per heavy atom. The lowest BCUT2D eigenvalue weighted by Gasteiger charge is -2.10. The van der Waals surface area contributed by atoms with Gasteiger partial charge in [0.15, 0.2) is 11.5 Å². The number of carbonyl (C=O) groups is 1. The maximum atomic E-state index is 12.3. The Balaban J connectivity index is 1.74. The number of rotatable bonds is 5. The predicted octanol–water partition coefficient (Wildman–Crippen LogP) is 2.59. The number of carbonyl (C=O) groups excluding carboxylic acids is 1. The van der Waals surface area contributed by atoms with Crippen LogP contribution >= 0.6 is 0 Å². The fourth-order valence-corrected chi connectivity index (χ4v) is 2.53. The molecule has 0 bridgehead atoms. The quantitative estimate of drug-likeness (QED) is 0.783. The molecule has 1 N–H and O–H groups in total. The van der Waals surface area contributed by atoms with Gasteiger partial charge in [0.1, 0.15) is 11.3 Å². The van der Waals surface area contributed by atoms with Gasteiger partial charge in [-0.15, -0.1) is 0 Å². The van der Waals surface area contributed by atoms with E-state index in [2.05, 4.69) is 10.3 Å². The van der Waals surface area contributed by atoms with Crippen LogP contribution in [0.3, 0.4) is 0 Å². The lowest BCUT2D eigenvalue weighted by Crippen LogP contribution is -2.23. The highest BCUT2D eigenvalue weighted by Crippen LogP contribution is 2.27. The van der Waals surface area contributed by atoms with Crippen molar-refractivity contribution in [3.05, 3.63) is 59.5 Å². The van der Waals surface area contributed by atoms with Crippen molar-refractivity contribution in [3.8, 4) is 11.5 Å². The molecule has 1 amide bonds. The van der Waals surface area contributed by atoms with Gasteiger partial charge in [-0.05, 0) is 36.2 Å². The zero-order valence-electron chi connectivity index (χ0n) is 13.9. The molecule has 0 fully saturated rings.